The van der Waals surface area contributed by atoms with Gasteiger partial charge >= 0.3 is 35.2 Å². The van der Waals surface area contributed by atoms with Crippen molar-refractivity contribution < 1.29 is 67.7 Å². The van der Waals surface area contributed by atoms with Gasteiger partial charge in [0.2, 0.25) is 0 Å². The van der Waals surface area contributed by atoms with E-state index < -0.39 is 62.5 Å². The van der Waals surface area contributed by atoms with Gasteiger partial charge in [0.25, 0.3) is 10.0 Å². The van der Waals surface area contributed by atoms with Crippen LogP contribution in [-0.4, -0.2) is 71.7 Å². The summed E-state index contributed by atoms with van der Waals surface area (Å²) in [6.07, 6.45) is -6.96. The zero-order chi connectivity index (χ0) is 26.5. The van der Waals surface area contributed by atoms with Crippen molar-refractivity contribution in [2.75, 3.05) is 13.6 Å². The van der Waals surface area contributed by atoms with E-state index in [2.05, 4.69) is 6.58 Å². The predicted octanol–water partition coefficient (Wildman–Crippen LogP) is 3.74. The highest BCUT2D eigenvalue weighted by Crippen LogP contribution is 2.55. The van der Waals surface area contributed by atoms with Gasteiger partial charge in [0.15, 0.2) is 0 Å². The zero-order valence-electron chi connectivity index (χ0n) is 16.5. The first kappa shape index (κ1) is 31.9. The van der Waals surface area contributed by atoms with E-state index >= 15 is 0 Å². The molecule has 0 saturated carbocycles. The number of hydrogen-bond acceptors (Lipinski definition) is 4. The molecular formula is C15H18F9NO6S. The van der Waals surface area contributed by atoms with Crippen LogP contribution in [0.4, 0.5) is 39.5 Å². The molecule has 0 aromatic heterocycles. The van der Waals surface area contributed by atoms with Gasteiger partial charge < -0.3 is 10.2 Å². The van der Waals surface area contributed by atoms with Crippen molar-refractivity contribution in [1.82, 2.24) is 4.31 Å². The summed E-state index contributed by atoms with van der Waals surface area (Å²) in [6, 6.07) is 0. The topological polar surface area (TPSA) is 112 Å². The van der Waals surface area contributed by atoms with E-state index in [4.69, 9.17) is 10.2 Å². The summed E-state index contributed by atoms with van der Waals surface area (Å²) in [5, 5.41) is 9.58. The summed E-state index contributed by atoms with van der Waals surface area (Å²) in [7, 11) is -6.43. The number of carboxylic acid groups (broad SMARTS) is 2. The molecule has 188 valence electrons. The van der Waals surface area contributed by atoms with Gasteiger partial charge in [-0.15, -0.1) is 0 Å². The number of aliphatic carboxylic acids is 2. The predicted molar refractivity (Wildman–Crippen MR) is 90.9 cm³/mol. The number of hydrogen-bond donors (Lipinski definition) is 2. The molecule has 0 aliphatic heterocycles. The molecule has 0 saturated heterocycles. The molecule has 0 atom stereocenters. The van der Waals surface area contributed by atoms with Crippen LogP contribution in [0.3, 0.4) is 0 Å². The quantitative estimate of drug-likeness (QED) is 0.361. The van der Waals surface area contributed by atoms with Crippen molar-refractivity contribution in [1.29, 1.82) is 0 Å². The van der Waals surface area contributed by atoms with Crippen molar-refractivity contribution >= 4 is 22.0 Å². The summed E-state index contributed by atoms with van der Waals surface area (Å²) in [4.78, 5) is 20.1. The Balaban J connectivity index is 0. The second kappa shape index (κ2) is 10.5. The van der Waals surface area contributed by atoms with Gasteiger partial charge in [-0.3, -0.25) is 0 Å². The van der Waals surface area contributed by atoms with Gasteiger partial charge in [-0.1, -0.05) is 12.7 Å². The van der Waals surface area contributed by atoms with Crippen molar-refractivity contribution in [3.8, 4) is 0 Å². The van der Waals surface area contributed by atoms with E-state index in [1.165, 1.54) is 6.92 Å². The maximum absolute atomic E-state index is 13.5. The summed E-state index contributed by atoms with van der Waals surface area (Å²) in [5.74, 6) is -17.1. The van der Waals surface area contributed by atoms with Crippen LogP contribution in [0.2, 0.25) is 0 Å². The summed E-state index contributed by atoms with van der Waals surface area (Å²) in [5.41, 5.74) is -0.202. The van der Waals surface area contributed by atoms with E-state index in [-0.39, 0.29) is 18.2 Å². The molecule has 0 amide bonds. The molecule has 0 heterocycles. The van der Waals surface area contributed by atoms with Crippen molar-refractivity contribution in [3.05, 3.63) is 23.8 Å². The molecule has 0 radical (unpaired) electrons. The first-order chi connectivity index (χ1) is 13.9. The second-order valence-electron chi connectivity index (χ2n) is 6.06. The Bertz CT molecular complexity index is 838. The molecule has 0 aromatic rings. The lowest BCUT2D eigenvalue weighted by Gasteiger charge is -2.34. The number of alkyl halides is 9. The standard InChI is InChI=1S/C11H12F9NO4S.C4H6O2/c1-6(7(22)23)4-3-5-21(2)26(24,25)11(19,20)9(14,15)8(12,13)10(16,17)18;1-3(2)4(5)6/h4H,3,5H2,1-2H3,(H,22,23);1H2,2H3,(H,5,6). The molecule has 0 aliphatic carbocycles. The lowest BCUT2D eigenvalue weighted by atomic mass is 10.1. The average molecular weight is 511 g/mol. The van der Waals surface area contributed by atoms with Crippen molar-refractivity contribution in [2.45, 2.75) is 43.5 Å². The van der Waals surface area contributed by atoms with Gasteiger partial charge in [0, 0.05) is 24.7 Å². The minimum Gasteiger partial charge on any atom is -0.478 e. The molecule has 32 heavy (non-hydrogen) atoms. The van der Waals surface area contributed by atoms with Crippen LogP contribution in [0.1, 0.15) is 20.3 Å². The van der Waals surface area contributed by atoms with E-state index in [1.807, 2.05) is 0 Å². The lowest BCUT2D eigenvalue weighted by Crippen LogP contribution is -2.65. The monoisotopic (exact) mass is 511 g/mol. The van der Waals surface area contributed by atoms with Crippen LogP contribution in [0, 0.1) is 0 Å². The third-order valence-electron chi connectivity index (χ3n) is 3.45. The maximum atomic E-state index is 13.5. The normalized spacial score (nSPS) is 14.0. The van der Waals surface area contributed by atoms with E-state index in [0.717, 1.165) is 13.0 Å². The SMILES string of the molecule is C=C(C)C(=O)O.CC(=CCCN(C)S(=O)(=O)C(F)(F)C(F)(F)C(F)(F)C(F)(F)F)C(=O)O. The van der Waals surface area contributed by atoms with Gasteiger partial charge in [-0.25, -0.2) is 18.0 Å². The van der Waals surface area contributed by atoms with Crippen LogP contribution < -0.4 is 0 Å². The van der Waals surface area contributed by atoms with Crippen LogP contribution in [0.15, 0.2) is 23.8 Å². The Morgan fingerprint density at radius 2 is 1.28 bits per heavy atom. The van der Waals surface area contributed by atoms with E-state index in [1.54, 1.807) is 0 Å². The molecule has 0 bridgehead atoms. The highest BCUT2D eigenvalue weighted by molar-refractivity contribution is 7.90. The highest BCUT2D eigenvalue weighted by Gasteiger charge is 2.85. The Hall–Kier alpha value is -2.30. The van der Waals surface area contributed by atoms with Crippen molar-refractivity contribution in [3.63, 3.8) is 0 Å². The number of carbonyl (C=O) groups is 2. The molecule has 0 spiro atoms. The average Bonchev–Trinajstić information content (AvgIpc) is 2.60. The van der Waals surface area contributed by atoms with Gasteiger partial charge in [0.05, 0.1) is 0 Å². The third kappa shape index (κ3) is 6.85. The Labute approximate surface area is 175 Å². The minimum atomic E-state index is -7.34. The summed E-state index contributed by atoms with van der Waals surface area (Å²) in [6.45, 7) is 4.53. The second-order valence-corrected chi connectivity index (χ2v) is 8.14. The first-order valence-electron chi connectivity index (χ1n) is 7.84. The van der Waals surface area contributed by atoms with E-state index in [9.17, 15) is 57.5 Å². The number of carboxylic acids is 2. The fraction of sp³-hybridized carbons (Fsp3) is 0.600. The smallest absolute Gasteiger partial charge is 0.460 e. The third-order valence-corrected chi connectivity index (χ3v) is 5.35. The van der Waals surface area contributed by atoms with Crippen LogP contribution in [0.5, 0.6) is 0 Å². The molecule has 7 nitrogen and oxygen atoms in total. The molecule has 17 heteroatoms. The zero-order valence-corrected chi connectivity index (χ0v) is 17.3. The molecular weight excluding hydrogens is 493 g/mol. The van der Waals surface area contributed by atoms with Crippen LogP contribution in [-0.2, 0) is 19.6 Å². The molecule has 0 aliphatic rings. The molecule has 0 aromatic carbocycles. The number of halogens is 9. The van der Waals surface area contributed by atoms with Gasteiger partial charge in [-0.2, -0.15) is 43.8 Å². The first-order valence-corrected chi connectivity index (χ1v) is 9.28. The summed E-state index contributed by atoms with van der Waals surface area (Å²) >= 11 is 0. The largest absolute Gasteiger partial charge is 0.478 e. The Morgan fingerprint density at radius 1 is 0.906 bits per heavy atom. The summed E-state index contributed by atoms with van der Waals surface area (Å²) < 4.78 is 137. The molecule has 2 N–H and O–H groups in total. The van der Waals surface area contributed by atoms with Gasteiger partial charge in [0.1, 0.15) is 0 Å². The molecule has 0 fully saturated rings. The minimum absolute atomic E-state index is 0.176. The fourth-order valence-corrected chi connectivity index (χ4v) is 2.58. The number of sulfonamides is 1. The highest BCUT2D eigenvalue weighted by atomic mass is 32.2. The van der Waals surface area contributed by atoms with Gasteiger partial charge in [-0.05, 0) is 20.3 Å². The van der Waals surface area contributed by atoms with Crippen molar-refractivity contribution in [2.24, 2.45) is 0 Å². The van der Waals surface area contributed by atoms with E-state index in [0.29, 0.717) is 0 Å². The number of nitrogens with zero attached hydrogens (tertiary/aromatic N) is 1. The fourth-order valence-electron chi connectivity index (χ4n) is 1.39. The lowest BCUT2D eigenvalue weighted by molar-refractivity contribution is -0.382. The van der Waals surface area contributed by atoms with Crippen LogP contribution >= 0.6 is 0 Å². The maximum Gasteiger partial charge on any atom is 0.460 e. The molecule has 0 rings (SSSR count). The Morgan fingerprint density at radius 3 is 1.56 bits per heavy atom. The number of rotatable bonds is 9. The van der Waals surface area contributed by atoms with Crippen LogP contribution in [0.25, 0.3) is 0 Å². The Kier molecular flexibility index (Phi) is 10.5. The molecule has 0 unspecified atom stereocenters.